The third-order valence-corrected chi connectivity index (χ3v) is 8.09. The van der Waals surface area contributed by atoms with E-state index in [2.05, 4.69) is 0 Å². The molecule has 4 aromatic carbocycles. The van der Waals surface area contributed by atoms with Crippen molar-refractivity contribution >= 4 is 23.8 Å². The van der Waals surface area contributed by atoms with E-state index in [-0.39, 0.29) is 18.7 Å². The molecule has 0 saturated carbocycles. The van der Waals surface area contributed by atoms with Crippen molar-refractivity contribution in [1.82, 2.24) is 5.06 Å². The Bertz CT molecular complexity index is 1770. The number of carboxylic acid groups (broad SMARTS) is 3. The lowest BCUT2D eigenvalue weighted by molar-refractivity contribution is -0.196. The topological polar surface area (TPSA) is 169 Å². The fraction of sp³-hybridized carbons (Fsp3) is 0.243. The Balaban J connectivity index is 1.63. The summed E-state index contributed by atoms with van der Waals surface area (Å²) < 4.78 is 16.4. The highest BCUT2D eigenvalue weighted by atomic mass is 16.7. The van der Waals surface area contributed by atoms with Gasteiger partial charge in [0.05, 0.1) is 39.0 Å². The van der Waals surface area contributed by atoms with Crippen molar-refractivity contribution in [1.29, 1.82) is 0 Å². The zero-order valence-electron chi connectivity index (χ0n) is 27.3. The minimum absolute atomic E-state index is 0.00770. The van der Waals surface area contributed by atoms with Gasteiger partial charge in [-0.3, -0.25) is 19.2 Å². The predicted molar refractivity (Wildman–Crippen MR) is 177 cm³/mol. The van der Waals surface area contributed by atoms with Crippen LogP contribution in [0.3, 0.4) is 0 Å². The van der Waals surface area contributed by atoms with Gasteiger partial charge in [-0.05, 0) is 47.2 Å². The van der Waals surface area contributed by atoms with Gasteiger partial charge in [-0.2, -0.15) is 0 Å². The number of rotatable bonds is 17. The summed E-state index contributed by atoms with van der Waals surface area (Å²) in [6.07, 6.45) is -1.49. The number of hydroxylamine groups is 2. The van der Waals surface area contributed by atoms with E-state index in [1.54, 1.807) is 48.5 Å². The SMILES string of the molecule is COc1cc(OC)c(CN(OCc2ccccc2)C(=O)CCC(Cc2cccc(-c3cccc(C(=O)O)c3)c2)(C(=O)O)C(=O)O)c(OC)c1. The summed E-state index contributed by atoms with van der Waals surface area (Å²) in [6, 6.07) is 25.0. The highest BCUT2D eigenvalue weighted by Gasteiger charge is 2.47. The van der Waals surface area contributed by atoms with E-state index in [0.717, 1.165) is 10.6 Å². The standard InChI is InChI=1S/C37H37NO11/c1-46-29-19-31(47-2)30(32(20-29)48-3)22-38(49-23-24-9-5-4-6-10-24)33(39)15-16-37(35(42)43,36(44)45)21-25-11-7-12-26(17-25)27-13-8-14-28(18-27)34(40)41/h4-14,17-20H,15-16,21-23H2,1-3H3,(H,40,41)(H,42,43)(H,44,45). The van der Waals surface area contributed by atoms with E-state index in [4.69, 9.17) is 19.0 Å². The van der Waals surface area contributed by atoms with Crippen molar-refractivity contribution in [3.8, 4) is 28.4 Å². The zero-order valence-corrected chi connectivity index (χ0v) is 27.3. The molecule has 0 bridgehead atoms. The molecule has 0 unspecified atom stereocenters. The summed E-state index contributed by atoms with van der Waals surface area (Å²) >= 11 is 0. The molecule has 0 saturated heterocycles. The highest BCUT2D eigenvalue weighted by molar-refractivity contribution is 5.99. The summed E-state index contributed by atoms with van der Waals surface area (Å²) in [4.78, 5) is 56.7. The lowest BCUT2D eigenvalue weighted by Crippen LogP contribution is -2.43. The third kappa shape index (κ3) is 8.73. The zero-order chi connectivity index (χ0) is 35.6. The molecule has 0 radical (unpaired) electrons. The molecule has 1 amide bonds. The number of aliphatic carboxylic acids is 2. The van der Waals surface area contributed by atoms with Crippen LogP contribution in [0.1, 0.15) is 39.9 Å². The molecule has 12 nitrogen and oxygen atoms in total. The Kier molecular flexibility index (Phi) is 12.0. The number of hydrogen-bond donors (Lipinski definition) is 3. The van der Waals surface area contributed by atoms with Crippen LogP contribution in [0.4, 0.5) is 0 Å². The van der Waals surface area contributed by atoms with Crippen molar-refractivity contribution in [2.75, 3.05) is 21.3 Å². The number of amides is 1. The van der Waals surface area contributed by atoms with Crippen molar-refractivity contribution in [2.45, 2.75) is 32.4 Å². The maximum absolute atomic E-state index is 13.8. The van der Waals surface area contributed by atoms with Gasteiger partial charge in [-0.25, -0.2) is 9.86 Å². The van der Waals surface area contributed by atoms with Crippen LogP contribution in [0.25, 0.3) is 11.1 Å². The second kappa shape index (κ2) is 16.3. The molecule has 4 aromatic rings. The van der Waals surface area contributed by atoms with Crippen LogP contribution in [0.5, 0.6) is 17.2 Å². The number of carbonyl (C=O) groups is 4. The third-order valence-electron chi connectivity index (χ3n) is 8.09. The van der Waals surface area contributed by atoms with Crippen LogP contribution in [-0.4, -0.2) is 65.5 Å². The second-order valence-electron chi connectivity index (χ2n) is 11.2. The summed E-state index contributed by atoms with van der Waals surface area (Å²) in [5.74, 6) is -3.85. The number of carboxylic acids is 3. The van der Waals surface area contributed by atoms with Gasteiger partial charge < -0.3 is 29.5 Å². The van der Waals surface area contributed by atoms with Gasteiger partial charge in [-0.1, -0.05) is 66.7 Å². The summed E-state index contributed by atoms with van der Waals surface area (Å²) in [5, 5.41) is 31.1. The van der Waals surface area contributed by atoms with Crippen molar-refractivity contribution in [3.63, 3.8) is 0 Å². The number of aromatic carboxylic acids is 1. The van der Waals surface area contributed by atoms with E-state index in [9.17, 15) is 34.5 Å². The largest absolute Gasteiger partial charge is 0.496 e. The van der Waals surface area contributed by atoms with E-state index in [0.29, 0.717) is 39.5 Å². The first-order valence-corrected chi connectivity index (χ1v) is 15.2. The molecule has 4 rings (SSSR count). The summed E-state index contributed by atoms with van der Waals surface area (Å²) in [7, 11) is 4.37. The van der Waals surface area contributed by atoms with Crippen LogP contribution >= 0.6 is 0 Å². The number of nitrogens with zero attached hydrogens (tertiary/aromatic N) is 1. The van der Waals surface area contributed by atoms with Gasteiger partial charge >= 0.3 is 17.9 Å². The van der Waals surface area contributed by atoms with Gasteiger partial charge in [-0.15, -0.1) is 0 Å². The monoisotopic (exact) mass is 671 g/mol. The van der Waals surface area contributed by atoms with Crippen molar-refractivity contribution in [2.24, 2.45) is 5.41 Å². The number of benzene rings is 4. The van der Waals surface area contributed by atoms with E-state index in [1.165, 1.54) is 33.5 Å². The molecule has 0 spiro atoms. The fourth-order valence-corrected chi connectivity index (χ4v) is 5.34. The first-order valence-electron chi connectivity index (χ1n) is 15.2. The first-order chi connectivity index (χ1) is 23.5. The Labute approximate surface area is 283 Å². The van der Waals surface area contributed by atoms with Crippen LogP contribution < -0.4 is 14.2 Å². The molecule has 49 heavy (non-hydrogen) atoms. The fourth-order valence-electron chi connectivity index (χ4n) is 5.34. The molecule has 0 fully saturated rings. The number of ether oxygens (including phenoxy) is 3. The van der Waals surface area contributed by atoms with Gasteiger partial charge in [0.25, 0.3) is 0 Å². The van der Waals surface area contributed by atoms with E-state index < -0.39 is 48.5 Å². The van der Waals surface area contributed by atoms with Crippen LogP contribution in [0.15, 0.2) is 91.0 Å². The molecule has 256 valence electrons. The second-order valence-corrected chi connectivity index (χ2v) is 11.2. The quantitative estimate of drug-likeness (QED) is 0.0928. The minimum atomic E-state index is -2.38. The normalized spacial score (nSPS) is 11.0. The van der Waals surface area contributed by atoms with E-state index >= 15 is 0 Å². The molecule has 0 aliphatic heterocycles. The summed E-state index contributed by atoms with van der Waals surface area (Å²) in [6.45, 7) is -0.182. The Hall–Kier alpha value is -5.88. The average Bonchev–Trinajstić information content (AvgIpc) is 3.11. The van der Waals surface area contributed by atoms with Crippen LogP contribution in [-0.2, 0) is 38.8 Å². The number of methoxy groups -OCH3 is 3. The Morgan fingerprint density at radius 2 is 1.29 bits per heavy atom. The molecular weight excluding hydrogens is 634 g/mol. The molecule has 3 N–H and O–H groups in total. The molecule has 0 atom stereocenters. The van der Waals surface area contributed by atoms with Gasteiger partial charge in [0, 0.05) is 18.6 Å². The Morgan fingerprint density at radius 1 is 0.694 bits per heavy atom. The van der Waals surface area contributed by atoms with Gasteiger partial charge in [0.15, 0.2) is 5.41 Å². The van der Waals surface area contributed by atoms with Crippen LogP contribution in [0.2, 0.25) is 0 Å². The molecule has 0 heterocycles. The van der Waals surface area contributed by atoms with Crippen molar-refractivity contribution < 1.29 is 53.5 Å². The predicted octanol–water partition coefficient (Wildman–Crippen LogP) is 5.72. The first kappa shape index (κ1) is 36.0. The smallest absolute Gasteiger partial charge is 0.335 e. The minimum Gasteiger partial charge on any atom is -0.496 e. The molecule has 0 aromatic heterocycles. The summed E-state index contributed by atoms with van der Waals surface area (Å²) in [5.41, 5.74) is 0.397. The molecule has 12 heteroatoms. The maximum Gasteiger partial charge on any atom is 0.335 e. The Morgan fingerprint density at radius 3 is 1.86 bits per heavy atom. The van der Waals surface area contributed by atoms with Gasteiger partial charge in [0.2, 0.25) is 5.91 Å². The number of hydrogen-bond acceptors (Lipinski definition) is 8. The molecule has 0 aliphatic carbocycles. The average molecular weight is 672 g/mol. The van der Waals surface area contributed by atoms with Crippen LogP contribution in [0, 0.1) is 5.41 Å². The lowest BCUT2D eigenvalue weighted by atomic mass is 9.77. The molecular formula is C37H37NO11. The molecule has 0 aliphatic rings. The highest BCUT2D eigenvalue weighted by Crippen LogP contribution is 2.36. The van der Waals surface area contributed by atoms with Gasteiger partial charge in [0.1, 0.15) is 23.9 Å². The maximum atomic E-state index is 13.8. The van der Waals surface area contributed by atoms with E-state index in [1.807, 2.05) is 30.3 Å². The number of carbonyl (C=O) groups excluding carboxylic acids is 1. The lowest BCUT2D eigenvalue weighted by Gasteiger charge is -2.28. The van der Waals surface area contributed by atoms with Crippen molar-refractivity contribution in [3.05, 3.63) is 113 Å².